The summed E-state index contributed by atoms with van der Waals surface area (Å²) in [4.78, 5) is 4.22. The van der Waals surface area contributed by atoms with Gasteiger partial charge in [-0.25, -0.2) is 4.39 Å². The van der Waals surface area contributed by atoms with Gasteiger partial charge in [0, 0.05) is 5.92 Å². The van der Waals surface area contributed by atoms with Crippen LogP contribution in [-0.4, -0.2) is 10.1 Å². The van der Waals surface area contributed by atoms with E-state index in [1.165, 1.54) is 6.07 Å². The van der Waals surface area contributed by atoms with Crippen LogP contribution < -0.4 is 5.73 Å². The Morgan fingerprint density at radius 2 is 2.19 bits per heavy atom. The molecule has 1 heterocycles. The van der Waals surface area contributed by atoms with Gasteiger partial charge < -0.3 is 10.3 Å². The highest BCUT2D eigenvalue weighted by Gasteiger charge is 2.29. The van der Waals surface area contributed by atoms with E-state index in [0.29, 0.717) is 23.2 Å². The summed E-state index contributed by atoms with van der Waals surface area (Å²) in [6.45, 7) is 0. The molecule has 0 atom stereocenters. The molecule has 2 N–H and O–H groups in total. The second-order valence-corrected chi connectivity index (χ2v) is 3.93. The van der Waals surface area contributed by atoms with E-state index in [-0.39, 0.29) is 5.69 Å². The van der Waals surface area contributed by atoms with Crippen LogP contribution >= 0.6 is 0 Å². The van der Waals surface area contributed by atoms with E-state index in [2.05, 4.69) is 10.1 Å². The summed E-state index contributed by atoms with van der Waals surface area (Å²) < 4.78 is 18.3. The average Bonchev–Trinajstić information content (AvgIpc) is 3.02. The van der Waals surface area contributed by atoms with Gasteiger partial charge in [-0.2, -0.15) is 4.98 Å². The van der Waals surface area contributed by atoms with Gasteiger partial charge in [-0.05, 0) is 25.0 Å². The molecule has 5 heteroatoms. The summed E-state index contributed by atoms with van der Waals surface area (Å²) in [5, 5.41) is 3.86. The van der Waals surface area contributed by atoms with Crippen molar-refractivity contribution in [3.63, 3.8) is 0 Å². The fourth-order valence-corrected chi connectivity index (χ4v) is 1.58. The molecule has 0 aliphatic heterocycles. The van der Waals surface area contributed by atoms with Crippen LogP contribution in [0.4, 0.5) is 10.1 Å². The number of hydrogen-bond acceptors (Lipinski definition) is 4. The van der Waals surface area contributed by atoms with Crippen molar-refractivity contribution in [2.45, 2.75) is 18.8 Å². The van der Waals surface area contributed by atoms with E-state index in [4.69, 9.17) is 10.3 Å². The first-order valence-electron chi connectivity index (χ1n) is 5.13. The predicted molar refractivity (Wildman–Crippen MR) is 56.1 cm³/mol. The van der Waals surface area contributed by atoms with Crippen molar-refractivity contribution in [2.75, 3.05) is 5.73 Å². The molecule has 4 nitrogen and oxygen atoms in total. The number of benzene rings is 1. The van der Waals surface area contributed by atoms with Crippen LogP contribution in [0.5, 0.6) is 0 Å². The molecule has 0 radical (unpaired) electrons. The smallest absolute Gasteiger partial charge is 0.260 e. The lowest BCUT2D eigenvalue weighted by Gasteiger charge is -2.00. The molecule has 1 aromatic carbocycles. The first-order chi connectivity index (χ1) is 7.75. The molecule has 82 valence electrons. The highest BCUT2D eigenvalue weighted by molar-refractivity contribution is 5.70. The Morgan fingerprint density at radius 3 is 2.94 bits per heavy atom. The van der Waals surface area contributed by atoms with E-state index in [1.54, 1.807) is 12.1 Å². The van der Waals surface area contributed by atoms with E-state index >= 15 is 0 Å². The van der Waals surface area contributed by atoms with Crippen LogP contribution in [0, 0.1) is 5.82 Å². The third kappa shape index (κ3) is 1.44. The minimum absolute atomic E-state index is 0.0495. The van der Waals surface area contributed by atoms with Gasteiger partial charge in [-0.3, -0.25) is 0 Å². The van der Waals surface area contributed by atoms with E-state index in [1.807, 2.05) is 0 Å². The molecule has 1 saturated carbocycles. The zero-order valence-corrected chi connectivity index (χ0v) is 8.48. The summed E-state index contributed by atoms with van der Waals surface area (Å²) in [7, 11) is 0. The molecule has 1 aromatic heterocycles. The van der Waals surface area contributed by atoms with Crippen molar-refractivity contribution < 1.29 is 8.91 Å². The fraction of sp³-hybridized carbons (Fsp3) is 0.273. The molecule has 1 aliphatic rings. The lowest BCUT2D eigenvalue weighted by atomic mass is 10.2. The lowest BCUT2D eigenvalue weighted by molar-refractivity contribution is 0.422. The monoisotopic (exact) mass is 219 g/mol. The zero-order valence-electron chi connectivity index (χ0n) is 8.48. The van der Waals surface area contributed by atoms with Crippen molar-refractivity contribution in [2.24, 2.45) is 0 Å². The summed E-state index contributed by atoms with van der Waals surface area (Å²) in [5.74, 6) is 0.925. The summed E-state index contributed by atoms with van der Waals surface area (Å²) >= 11 is 0. The van der Waals surface area contributed by atoms with Crippen molar-refractivity contribution in [3.05, 3.63) is 29.8 Å². The number of rotatable bonds is 2. The number of nitrogen functional groups attached to an aromatic ring is 1. The van der Waals surface area contributed by atoms with Crippen LogP contribution in [0.25, 0.3) is 11.5 Å². The molecule has 2 aromatic rings. The van der Waals surface area contributed by atoms with E-state index in [0.717, 1.165) is 12.8 Å². The van der Waals surface area contributed by atoms with Crippen molar-refractivity contribution in [1.82, 2.24) is 10.1 Å². The standard InChI is InChI=1S/C11H10FN3O/c12-8-3-1-2-7(9(8)13)11-14-10(15-16-11)6-4-5-6/h1-3,6H,4-5,13H2. The van der Waals surface area contributed by atoms with Gasteiger partial charge in [0.1, 0.15) is 5.82 Å². The highest BCUT2D eigenvalue weighted by Crippen LogP contribution is 2.39. The van der Waals surface area contributed by atoms with Crippen molar-refractivity contribution >= 4 is 5.69 Å². The number of aromatic nitrogens is 2. The minimum atomic E-state index is -0.469. The molecule has 0 bridgehead atoms. The molecular formula is C11H10FN3O. The third-order valence-corrected chi connectivity index (χ3v) is 2.67. The Morgan fingerprint density at radius 1 is 1.38 bits per heavy atom. The summed E-state index contributed by atoms with van der Waals surface area (Å²) in [5.41, 5.74) is 6.12. The van der Waals surface area contributed by atoms with Crippen LogP contribution in [0.15, 0.2) is 22.7 Å². The Labute approximate surface area is 91.3 Å². The third-order valence-electron chi connectivity index (χ3n) is 2.67. The average molecular weight is 219 g/mol. The van der Waals surface area contributed by atoms with Crippen molar-refractivity contribution in [3.8, 4) is 11.5 Å². The maximum absolute atomic E-state index is 13.2. The van der Waals surface area contributed by atoms with Gasteiger partial charge in [0.25, 0.3) is 5.89 Å². The number of para-hydroxylation sites is 1. The topological polar surface area (TPSA) is 64.9 Å². The SMILES string of the molecule is Nc1c(F)cccc1-c1nc(C2CC2)no1. The van der Waals surface area contributed by atoms with Gasteiger partial charge in [-0.1, -0.05) is 11.2 Å². The Kier molecular flexibility index (Phi) is 1.92. The number of nitrogens with two attached hydrogens (primary N) is 1. The molecule has 16 heavy (non-hydrogen) atoms. The summed E-state index contributed by atoms with van der Waals surface area (Å²) in [6.07, 6.45) is 2.19. The molecule has 3 rings (SSSR count). The van der Waals surface area contributed by atoms with E-state index < -0.39 is 5.82 Å². The Balaban J connectivity index is 2.03. The molecule has 0 saturated heterocycles. The molecule has 0 amide bonds. The second kappa shape index (κ2) is 3.30. The number of nitrogens with zero attached hydrogens (tertiary/aromatic N) is 2. The number of halogens is 1. The van der Waals surface area contributed by atoms with Gasteiger partial charge >= 0.3 is 0 Å². The van der Waals surface area contributed by atoms with Gasteiger partial charge in [-0.15, -0.1) is 0 Å². The normalized spacial score (nSPS) is 15.3. The van der Waals surface area contributed by atoms with Crippen molar-refractivity contribution in [1.29, 1.82) is 0 Å². The Bertz CT molecular complexity index is 534. The highest BCUT2D eigenvalue weighted by atomic mass is 19.1. The second-order valence-electron chi connectivity index (χ2n) is 3.93. The molecule has 1 fully saturated rings. The van der Waals surface area contributed by atoms with Gasteiger partial charge in [0.05, 0.1) is 11.3 Å². The predicted octanol–water partition coefficient (Wildman–Crippen LogP) is 2.34. The number of hydrogen-bond donors (Lipinski definition) is 1. The molecule has 1 aliphatic carbocycles. The lowest BCUT2D eigenvalue weighted by Crippen LogP contribution is -1.94. The largest absolute Gasteiger partial charge is 0.396 e. The first-order valence-corrected chi connectivity index (χ1v) is 5.13. The quantitative estimate of drug-likeness (QED) is 0.787. The van der Waals surface area contributed by atoms with Crippen LogP contribution in [0.1, 0.15) is 24.6 Å². The maximum atomic E-state index is 13.2. The van der Waals surface area contributed by atoms with Gasteiger partial charge in [0.15, 0.2) is 5.82 Å². The van der Waals surface area contributed by atoms with E-state index in [9.17, 15) is 4.39 Å². The van der Waals surface area contributed by atoms with Gasteiger partial charge in [0.2, 0.25) is 0 Å². The van der Waals surface area contributed by atoms with Crippen LogP contribution in [-0.2, 0) is 0 Å². The Hall–Kier alpha value is -1.91. The first kappa shape index (κ1) is 9.33. The number of anilines is 1. The van der Waals surface area contributed by atoms with Crippen LogP contribution in [0.3, 0.4) is 0 Å². The fourth-order valence-electron chi connectivity index (χ4n) is 1.58. The molecule has 0 unspecified atom stereocenters. The maximum Gasteiger partial charge on any atom is 0.260 e. The molecular weight excluding hydrogens is 209 g/mol. The minimum Gasteiger partial charge on any atom is -0.396 e. The summed E-state index contributed by atoms with van der Waals surface area (Å²) in [6, 6.07) is 4.54. The zero-order chi connectivity index (χ0) is 11.1. The molecule has 0 spiro atoms. The van der Waals surface area contributed by atoms with Crippen LogP contribution in [0.2, 0.25) is 0 Å².